The summed E-state index contributed by atoms with van der Waals surface area (Å²) in [5.41, 5.74) is 3.17. The summed E-state index contributed by atoms with van der Waals surface area (Å²) in [6.45, 7) is 1.46. The summed E-state index contributed by atoms with van der Waals surface area (Å²) in [4.78, 5) is 19.6. The Morgan fingerprint density at radius 1 is 1.20 bits per heavy atom. The lowest BCUT2D eigenvalue weighted by molar-refractivity contribution is 0.407. The van der Waals surface area contributed by atoms with E-state index in [1.165, 1.54) is 0 Å². The molecule has 0 aliphatic carbocycles. The molecule has 0 spiro atoms. The highest BCUT2D eigenvalue weighted by Crippen LogP contribution is 2.36. The number of halogens is 1. The zero-order chi connectivity index (χ0) is 20.8. The lowest BCUT2D eigenvalue weighted by Gasteiger charge is -2.33. The maximum Gasteiger partial charge on any atom is 0.270 e. The second-order valence-corrected chi connectivity index (χ2v) is 8.56. The van der Waals surface area contributed by atoms with E-state index in [-0.39, 0.29) is 17.0 Å². The zero-order valence-electron chi connectivity index (χ0n) is 16.4. The summed E-state index contributed by atoms with van der Waals surface area (Å²) >= 11 is 3.53. The number of aromatic nitrogens is 2. The van der Waals surface area contributed by atoms with Crippen molar-refractivity contribution < 1.29 is 4.42 Å². The van der Waals surface area contributed by atoms with Gasteiger partial charge in [0.1, 0.15) is 17.1 Å². The molecular weight excluding hydrogens is 444 g/mol. The van der Waals surface area contributed by atoms with Gasteiger partial charge in [0.2, 0.25) is 0 Å². The molecule has 0 N–H and O–H groups in total. The Kier molecular flexibility index (Phi) is 4.59. The van der Waals surface area contributed by atoms with E-state index in [1.54, 1.807) is 11.6 Å². The third-order valence-electron chi connectivity index (χ3n) is 5.91. The highest BCUT2D eigenvalue weighted by molar-refractivity contribution is 9.10. The number of hydrogen-bond acceptors (Lipinski definition) is 5. The van der Waals surface area contributed by atoms with E-state index in [4.69, 9.17) is 4.42 Å². The minimum Gasteiger partial charge on any atom is -0.440 e. The molecule has 0 unspecified atom stereocenters. The molecule has 1 aliphatic heterocycles. The minimum atomic E-state index is -0.261. The number of para-hydroxylation sites is 2. The number of aryl methyl sites for hydroxylation is 1. The van der Waals surface area contributed by atoms with E-state index in [9.17, 15) is 10.1 Å². The van der Waals surface area contributed by atoms with Crippen molar-refractivity contribution in [2.45, 2.75) is 18.8 Å². The molecule has 4 aromatic rings. The second kappa shape index (κ2) is 7.29. The predicted molar refractivity (Wildman–Crippen MR) is 120 cm³/mol. The molecule has 2 aromatic carbocycles. The molecular formula is C23H19BrN4O2. The molecule has 0 saturated carbocycles. The van der Waals surface area contributed by atoms with Crippen LogP contribution in [0.25, 0.3) is 22.0 Å². The van der Waals surface area contributed by atoms with Crippen LogP contribution in [0.2, 0.25) is 0 Å². The van der Waals surface area contributed by atoms with E-state index in [2.05, 4.69) is 31.9 Å². The van der Waals surface area contributed by atoms with E-state index in [1.807, 2.05) is 42.5 Å². The molecule has 7 heteroatoms. The predicted octanol–water partition coefficient (Wildman–Crippen LogP) is 4.70. The van der Waals surface area contributed by atoms with Crippen molar-refractivity contribution in [3.8, 4) is 6.07 Å². The molecule has 0 bridgehead atoms. The van der Waals surface area contributed by atoms with Gasteiger partial charge in [-0.2, -0.15) is 5.26 Å². The monoisotopic (exact) mass is 462 g/mol. The first-order valence-corrected chi connectivity index (χ1v) is 10.7. The standard InChI is InChI=1S/C23H19BrN4O2/c1-27-19-7-6-15(24)12-16(19)21(17(13-25)23(27)29)28-10-8-14(9-11-28)22-26-18-4-2-3-5-20(18)30-22/h2-7,12,14H,8-11H2,1H3. The average Bonchev–Trinajstić information content (AvgIpc) is 3.20. The number of piperidine rings is 1. The Morgan fingerprint density at radius 2 is 1.97 bits per heavy atom. The molecule has 1 fully saturated rings. The van der Waals surface area contributed by atoms with Crippen molar-refractivity contribution in [2.24, 2.45) is 7.05 Å². The van der Waals surface area contributed by atoms with Gasteiger partial charge in [-0.3, -0.25) is 4.79 Å². The zero-order valence-corrected chi connectivity index (χ0v) is 18.0. The third kappa shape index (κ3) is 2.99. The second-order valence-electron chi connectivity index (χ2n) is 7.64. The summed E-state index contributed by atoms with van der Waals surface area (Å²) in [5.74, 6) is 0.997. The molecule has 6 nitrogen and oxygen atoms in total. The first kappa shape index (κ1) is 18.9. The lowest BCUT2D eigenvalue weighted by atomic mass is 9.95. The fourth-order valence-electron chi connectivity index (χ4n) is 4.35. The molecule has 30 heavy (non-hydrogen) atoms. The van der Waals surface area contributed by atoms with Crippen molar-refractivity contribution in [1.82, 2.24) is 9.55 Å². The van der Waals surface area contributed by atoms with Gasteiger partial charge >= 0.3 is 0 Å². The fourth-order valence-corrected chi connectivity index (χ4v) is 4.71. The van der Waals surface area contributed by atoms with Crippen molar-refractivity contribution in [3.05, 3.63) is 68.7 Å². The molecule has 150 valence electrons. The van der Waals surface area contributed by atoms with Crippen LogP contribution in [0.15, 0.2) is 56.1 Å². The van der Waals surface area contributed by atoms with Gasteiger partial charge in [0, 0.05) is 35.9 Å². The van der Waals surface area contributed by atoms with Gasteiger partial charge in [-0.25, -0.2) is 4.98 Å². The van der Waals surface area contributed by atoms with Crippen molar-refractivity contribution in [1.29, 1.82) is 5.26 Å². The Balaban J connectivity index is 1.51. The smallest absolute Gasteiger partial charge is 0.270 e. The number of hydrogen-bond donors (Lipinski definition) is 0. The molecule has 1 aliphatic rings. The van der Waals surface area contributed by atoms with E-state index in [0.29, 0.717) is 0 Å². The van der Waals surface area contributed by atoms with Crippen molar-refractivity contribution in [2.75, 3.05) is 18.0 Å². The number of pyridine rings is 1. The quantitative estimate of drug-likeness (QED) is 0.431. The molecule has 0 amide bonds. The maximum absolute atomic E-state index is 12.8. The van der Waals surface area contributed by atoms with Crippen LogP contribution in [0.4, 0.5) is 5.69 Å². The number of benzene rings is 2. The molecule has 5 rings (SSSR count). The maximum atomic E-state index is 12.8. The molecule has 3 heterocycles. The van der Waals surface area contributed by atoms with Crippen LogP contribution in [0.5, 0.6) is 0 Å². The van der Waals surface area contributed by atoms with E-state index < -0.39 is 0 Å². The van der Waals surface area contributed by atoms with Gasteiger partial charge in [0.15, 0.2) is 11.5 Å². The van der Waals surface area contributed by atoms with Crippen LogP contribution in [-0.2, 0) is 7.05 Å². The number of oxazole rings is 1. The highest BCUT2D eigenvalue weighted by atomic mass is 79.9. The van der Waals surface area contributed by atoms with Gasteiger partial charge in [0.25, 0.3) is 5.56 Å². The lowest BCUT2D eigenvalue weighted by Crippen LogP contribution is -2.35. The third-order valence-corrected chi connectivity index (χ3v) is 6.41. The highest BCUT2D eigenvalue weighted by Gasteiger charge is 2.28. The summed E-state index contributed by atoms with van der Waals surface area (Å²) in [7, 11) is 1.71. The summed E-state index contributed by atoms with van der Waals surface area (Å²) in [6.07, 6.45) is 1.70. The van der Waals surface area contributed by atoms with Gasteiger partial charge in [-0.1, -0.05) is 28.1 Å². The molecule has 0 radical (unpaired) electrons. The van der Waals surface area contributed by atoms with Crippen molar-refractivity contribution >= 4 is 43.6 Å². The number of fused-ring (bicyclic) bond motifs is 2. The first-order chi connectivity index (χ1) is 14.6. The number of nitriles is 1. The summed E-state index contributed by atoms with van der Waals surface area (Å²) in [6, 6.07) is 15.8. The topological polar surface area (TPSA) is 75.1 Å². The Morgan fingerprint density at radius 3 is 2.70 bits per heavy atom. The van der Waals surface area contributed by atoms with Crippen LogP contribution >= 0.6 is 15.9 Å². The van der Waals surface area contributed by atoms with Crippen LogP contribution in [0.1, 0.15) is 30.2 Å². The average molecular weight is 463 g/mol. The van der Waals surface area contributed by atoms with E-state index in [0.717, 1.165) is 64.0 Å². The largest absolute Gasteiger partial charge is 0.440 e. The van der Waals surface area contributed by atoms with Crippen LogP contribution < -0.4 is 10.5 Å². The van der Waals surface area contributed by atoms with Gasteiger partial charge in [0.05, 0.1) is 11.2 Å². The van der Waals surface area contributed by atoms with Gasteiger partial charge < -0.3 is 13.9 Å². The summed E-state index contributed by atoms with van der Waals surface area (Å²) in [5, 5.41) is 10.7. The van der Waals surface area contributed by atoms with E-state index >= 15 is 0 Å². The van der Waals surface area contributed by atoms with Crippen LogP contribution in [0.3, 0.4) is 0 Å². The molecule has 0 atom stereocenters. The SMILES string of the molecule is Cn1c(=O)c(C#N)c(N2CCC(c3nc4ccccc4o3)CC2)c2cc(Br)ccc21. The van der Waals surface area contributed by atoms with Crippen LogP contribution in [0, 0.1) is 11.3 Å². The Bertz CT molecular complexity index is 1340. The van der Waals surface area contributed by atoms with Crippen LogP contribution in [-0.4, -0.2) is 22.6 Å². The minimum absolute atomic E-state index is 0.198. The van der Waals surface area contributed by atoms with Gasteiger partial charge in [-0.15, -0.1) is 0 Å². The fraction of sp³-hybridized carbons (Fsp3) is 0.261. The normalized spacial score (nSPS) is 15.0. The summed E-state index contributed by atoms with van der Waals surface area (Å²) < 4.78 is 8.44. The first-order valence-electron chi connectivity index (χ1n) is 9.89. The number of rotatable bonds is 2. The van der Waals surface area contributed by atoms with Gasteiger partial charge in [-0.05, 0) is 43.2 Å². The molecule has 1 saturated heterocycles. The van der Waals surface area contributed by atoms with Crippen molar-refractivity contribution in [3.63, 3.8) is 0 Å². The Hall–Kier alpha value is -3.11. The Labute approximate surface area is 181 Å². The number of nitrogens with zero attached hydrogens (tertiary/aromatic N) is 4. The molecule has 2 aromatic heterocycles. The number of anilines is 1.